The van der Waals surface area contributed by atoms with Crippen LogP contribution >= 0.6 is 0 Å². The van der Waals surface area contributed by atoms with Crippen LogP contribution in [-0.2, 0) is 6.42 Å². The minimum Gasteiger partial charge on any atom is -0.494 e. The number of aryl methyl sites for hydroxylation is 2. The van der Waals surface area contributed by atoms with Gasteiger partial charge < -0.3 is 15.4 Å². The second-order valence-corrected chi connectivity index (χ2v) is 9.36. The number of hydrogen-bond acceptors (Lipinski definition) is 3. The summed E-state index contributed by atoms with van der Waals surface area (Å²) in [5, 5.41) is 24.3. The zero-order valence-corrected chi connectivity index (χ0v) is 20.4. The fraction of sp³-hybridized carbons (Fsp3) is 0.429. The molecule has 5 nitrogen and oxygen atoms in total. The van der Waals surface area contributed by atoms with Crippen molar-refractivity contribution in [3.05, 3.63) is 62.8 Å². The molecule has 1 saturated carbocycles. The number of benzene rings is 1. The summed E-state index contributed by atoms with van der Waals surface area (Å²) >= 11 is 0. The van der Waals surface area contributed by atoms with Crippen molar-refractivity contribution in [3.8, 4) is 5.88 Å². The molecule has 5 heteroatoms. The van der Waals surface area contributed by atoms with E-state index in [2.05, 4.69) is 66.4 Å². The molecule has 2 atom stereocenters. The minimum absolute atomic E-state index is 0.121. The van der Waals surface area contributed by atoms with E-state index in [1.54, 1.807) is 0 Å². The Bertz CT molecular complexity index is 1240. The molecule has 1 heterocycles. The van der Waals surface area contributed by atoms with Gasteiger partial charge in [-0.15, -0.1) is 0 Å². The Morgan fingerprint density at radius 1 is 1.27 bits per heavy atom. The molecular weight excluding hydrogens is 408 g/mol. The van der Waals surface area contributed by atoms with Crippen molar-refractivity contribution in [3.63, 3.8) is 0 Å². The minimum atomic E-state index is 0.121. The first-order valence-electron chi connectivity index (χ1n) is 12.1. The van der Waals surface area contributed by atoms with Crippen molar-refractivity contribution < 1.29 is 5.11 Å². The fourth-order valence-corrected chi connectivity index (χ4v) is 4.98. The van der Waals surface area contributed by atoms with Crippen LogP contribution in [0.4, 0.5) is 0 Å². The Morgan fingerprint density at radius 3 is 2.67 bits per heavy atom. The van der Waals surface area contributed by atoms with E-state index in [0.29, 0.717) is 23.1 Å². The van der Waals surface area contributed by atoms with E-state index in [-0.39, 0.29) is 17.6 Å². The van der Waals surface area contributed by atoms with Gasteiger partial charge in [0.2, 0.25) is 0 Å². The number of aromatic amines is 1. The van der Waals surface area contributed by atoms with Gasteiger partial charge in [-0.05, 0) is 68.1 Å². The predicted octanol–water partition coefficient (Wildman–Crippen LogP) is 4.28. The summed E-state index contributed by atoms with van der Waals surface area (Å²) < 4.78 is 0. The Hall–Kier alpha value is -3.08. The van der Waals surface area contributed by atoms with Gasteiger partial charge in [0.05, 0.1) is 11.3 Å². The van der Waals surface area contributed by atoms with E-state index >= 15 is 0 Å². The molecule has 33 heavy (non-hydrogen) atoms. The van der Waals surface area contributed by atoms with E-state index in [0.717, 1.165) is 41.9 Å². The predicted molar refractivity (Wildman–Crippen MR) is 138 cm³/mol. The fourth-order valence-electron chi connectivity index (χ4n) is 4.98. The van der Waals surface area contributed by atoms with Crippen LogP contribution in [0.25, 0.3) is 12.2 Å². The molecule has 0 saturated heterocycles. The molecule has 0 bridgehead atoms. The first kappa shape index (κ1) is 23.1. The summed E-state index contributed by atoms with van der Waals surface area (Å²) in [6, 6.07) is 6.77. The van der Waals surface area contributed by atoms with Crippen molar-refractivity contribution in [1.82, 2.24) is 10.3 Å². The number of amidine groups is 1. The Balaban J connectivity index is 1.78. The number of nitrogens with zero attached hydrogens (tertiary/aromatic N) is 1. The first-order valence-corrected chi connectivity index (χ1v) is 12.1. The zero-order valence-electron chi connectivity index (χ0n) is 20.4. The number of aromatic nitrogens is 1. The Labute approximate surface area is 196 Å². The number of nitrogens with one attached hydrogen (secondary N) is 3. The van der Waals surface area contributed by atoms with Crippen LogP contribution in [0.2, 0.25) is 0 Å². The van der Waals surface area contributed by atoms with Gasteiger partial charge in [-0.25, -0.2) is 4.99 Å². The maximum absolute atomic E-state index is 10.8. The molecule has 1 aromatic heterocycles. The maximum atomic E-state index is 10.8. The number of aromatic hydroxyl groups is 1. The summed E-state index contributed by atoms with van der Waals surface area (Å²) in [4.78, 5) is 7.70. The van der Waals surface area contributed by atoms with E-state index in [4.69, 9.17) is 5.41 Å². The third kappa shape index (κ3) is 4.68. The van der Waals surface area contributed by atoms with Crippen molar-refractivity contribution in [2.24, 2.45) is 16.8 Å². The number of allylic oxidation sites excluding steroid dienone is 1. The summed E-state index contributed by atoms with van der Waals surface area (Å²) in [5.74, 6) is 1.44. The van der Waals surface area contributed by atoms with Crippen LogP contribution in [0, 0.1) is 24.2 Å². The van der Waals surface area contributed by atoms with E-state index in [9.17, 15) is 5.11 Å². The van der Waals surface area contributed by atoms with E-state index < -0.39 is 0 Å². The lowest BCUT2D eigenvalue weighted by Crippen LogP contribution is -2.34. The first-order chi connectivity index (χ1) is 15.9. The van der Waals surface area contributed by atoms with Gasteiger partial charge in [0.25, 0.3) is 0 Å². The molecular formula is C28H36N4O. The number of aliphatic imine (C=N–C) groups is 1. The highest BCUT2D eigenvalue weighted by Crippen LogP contribution is 2.35. The highest BCUT2D eigenvalue weighted by Gasteiger charge is 2.26. The second-order valence-electron chi connectivity index (χ2n) is 9.36. The van der Waals surface area contributed by atoms with Crippen LogP contribution in [0.3, 0.4) is 0 Å². The summed E-state index contributed by atoms with van der Waals surface area (Å²) in [6.45, 7) is 8.46. The van der Waals surface area contributed by atoms with Gasteiger partial charge in [-0.3, -0.25) is 5.41 Å². The molecule has 0 amide bonds. The second kappa shape index (κ2) is 9.42. The molecule has 1 fully saturated rings. The lowest BCUT2D eigenvalue weighted by Gasteiger charge is -2.25. The van der Waals surface area contributed by atoms with Gasteiger partial charge in [-0.2, -0.15) is 0 Å². The average Bonchev–Trinajstić information content (AvgIpc) is 3.58. The van der Waals surface area contributed by atoms with Gasteiger partial charge in [0.1, 0.15) is 5.84 Å². The van der Waals surface area contributed by atoms with Gasteiger partial charge in [0.15, 0.2) is 5.88 Å². The number of fused-ring (bicyclic) bond motifs is 1. The zero-order chi connectivity index (χ0) is 23.7. The molecule has 4 N–H and O–H groups in total. The van der Waals surface area contributed by atoms with E-state index in [1.165, 1.54) is 16.7 Å². The van der Waals surface area contributed by atoms with E-state index in [1.807, 2.05) is 20.0 Å². The molecule has 1 aromatic carbocycles. The molecule has 2 aliphatic rings. The Morgan fingerprint density at radius 2 is 2.03 bits per heavy atom. The third-order valence-corrected chi connectivity index (χ3v) is 7.07. The molecule has 2 aliphatic carbocycles. The number of rotatable bonds is 7. The van der Waals surface area contributed by atoms with Crippen molar-refractivity contribution in [1.29, 1.82) is 5.41 Å². The normalized spacial score (nSPS) is 20.6. The summed E-state index contributed by atoms with van der Waals surface area (Å²) in [7, 11) is 1.90. The lowest BCUT2D eigenvalue weighted by atomic mass is 9.78. The van der Waals surface area contributed by atoms with Crippen molar-refractivity contribution in [2.45, 2.75) is 59.3 Å². The molecule has 2 unspecified atom stereocenters. The molecule has 0 aliphatic heterocycles. The SMILES string of the molecule is CCc1ccc(C)c(C2C=c3c(C(C)=NC(=N)/C=C(\NC)C4CC4)c(O)[nH]c3=CC2CC)c1. The molecule has 174 valence electrons. The van der Waals surface area contributed by atoms with Crippen LogP contribution in [0.15, 0.2) is 35.0 Å². The molecule has 0 radical (unpaired) electrons. The largest absolute Gasteiger partial charge is 0.494 e. The number of H-pyrrole nitrogens is 1. The molecule has 4 rings (SSSR count). The van der Waals surface area contributed by atoms with Crippen LogP contribution in [-0.4, -0.2) is 28.7 Å². The quantitative estimate of drug-likeness (QED) is 0.380. The number of hydrogen-bond donors (Lipinski definition) is 4. The van der Waals surface area contributed by atoms with Crippen molar-refractivity contribution >= 4 is 23.7 Å². The van der Waals surface area contributed by atoms with Crippen molar-refractivity contribution in [2.75, 3.05) is 7.05 Å². The molecule has 2 aromatic rings. The topological polar surface area (TPSA) is 84.3 Å². The highest BCUT2D eigenvalue weighted by atomic mass is 16.3. The average molecular weight is 445 g/mol. The Kier molecular flexibility index (Phi) is 6.59. The van der Waals surface area contributed by atoms with Gasteiger partial charge in [-0.1, -0.05) is 44.2 Å². The summed E-state index contributed by atoms with van der Waals surface area (Å²) in [6.07, 6.45) is 10.7. The monoisotopic (exact) mass is 444 g/mol. The maximum Gasteiger partial charge on any atom is 0.198 e. The third-order valence-electron chi connectivity index (χ3n) is 7.07. The molecule has 0 spiro atoms. The van der Waals surface area contributed by atoms with Gasteiger partial charge in [0, 0.05) is 35.3 Å². The van der Waals surface area contributed by atoms with Crippen LogP contribution in [0.1, 0.15) is 68.2 Å². The summed E-state index contributed by atoms with van der Waals surface area (Å²) in [5.41, 5.74) is 6.39. The lowest BCUT2D eigenvalue weighted by molar-refractivity contribution is 0.455. The smallest absolute Gasteiger partial charge is 0.198 e. The highest BCUT2D eigenvalue weighted by molar-refractivity contribution is 6.09. The van der Waals surface area contributed by atoms with Crippen LogP contribution < -0.4 is 15.9 Å². The van der Waals surface area contributed by atoms with Crippen LogP contribution in [0.5, 0.6) is 5.88 Å². The van der Waals surface area contributed by atoms with Gasteiger partial charge >= 0.3 is 0 Å². The standard InChI is InChI=1S/C28H36N4O/c1-6-18-9-8-16(3)21(12-18)22-14-23-25(13-19(22)7-2)32-28(33)27(23)17(4)31-26(29)15-24(30-5)20-10-11-20/h8-9,12-15,19-20,22,29-30,32-33H,6-7,10-11H2,1-5H3/b24-15-,29-26?,31-17?.